The average molecular weight is 520 g/mol. The number of allylic oxidation sites excluding steroid dienone is 1. The first-order valence-corrected chi connectivity index (χ1v) is 13.5. The molecule has 3 aromatic rings. The molecule has 0 saturated carbocycles. The summed E-state index contributed by atoms with van der Waals surface area (Å²) in [5.41, 5.74) is 1.49. The smallest absolute Gasteiger partial charge is 0.322 e. The maximum atomic E-state index is 13.4. The number of nitrogens with one attached hydrogen (secondary N) is 1. The molecule has 0 unspecified atom stereocenters. The standard InChI is InChI=1S/C29H33N3O4S/c1-5-32-28(34)30-26(16-19(2)22-11-10-21(35-3)18-23(22)36-4)29(32)12-14-31(15-13-29)27(33)25-17-20-8-6-7-9-24(20)37-25/h6-11,16-19H,5,12-15H2,1-4H3,(H,30,34)/b26-16-/t19-/m0/s1. The lowest BCUT2D eigenvalue weighted by Gasteiger charge is -2.44. The van der Waals surface area contributed by atoms with E-state index in [1.807, 2.05) is 65.3 Å². The first-order chi connectivity index (χ1) is 17.9. The second kappa shape index (κ2) is 10.1. The summed E-state index contributed by atoms with van der Waals surface area (Å²) >= 11 is 1.54. The molecule has 2 aliphatic heterocycles. The third kappa shape index (κ3) is 4.44. The molecule has 5 rings (SSSR count). The molecule has 8 heteroatoms. The summed E-state index contributed by atoms with van der Waals surface area (Å²) in [5, 5.41) is 4.25. The highest BCUT2D eigenvalue weighted by Crippen LogP contribution is 2.41. The van der Waals surface area contributed by atoms with Gasteiger partial charge in [0, 0.05) is 47.6 Å². The molecule has 3 heterocycles. The molecule has 2 aliphatic rings. The van der Waals surface area contributed by atoms with Gasteiger partial charge in [0.2, 0.25) is 0 Å². The number of thiophene rings is 1. The van der Waals surface area contributed by atoms with Crippen molar-refractivity contribution in [2.75, 3.05) is 33.9 Å². The Kier molecular flexibility index (Phi) is 6.86. The van der Waals surface area contributed by atoms with Crippen LogP contribution in [0.15, 0.2) is 60.3 Å². The Labute approximate surface area is 221 Å². The second-order valence-corrected chi connectivity index (χ2v) is 10.7. The molecule has 1 N–H and O–H groups in total. The number of nitrogens with zero attached hydrogens (tertiary/aromatic N) is 2. The van der Waals surface area contributed by atoms with Crippen molar-refractivity contribution < 1.29 is 19.1 Å². The molecule has 0 radical (unpaired) electrons. The number of fused-ring (bicyclic) bond motifs is 1. The minimum atomic E-state index is -0.448. The van der Waals surface area contributed by atoms with Crippen LogP contribution in [-0.2, 0) is 0 Å². The Bertz CT molecular complexity index is 1320. The number of ether oxygens (including phenoxy) is 2. The topological polar surface area (TPSA) is 71.1 Å². The maximum absolute atomic E-state index is 13.4. The van der Waals surface area contributed by atoms with Crippen molar-refractivity contribution >= 4 is 33.4 Å². The van der Waals surface area contributed by atoms with Crippen molar-refractivity contribution in [2.24, 2.45) is 0 Å². The van der Waals surface area contributed by atoms with Crippen LogP contribution in [0.4, 0.5) is 4.79 Å². The molecule has 3 amide bonds. The first kappa shape index (κ1) is 25.1. The molecule has 37 heavy (non-hydrogen) atoms. The highest BCUT2D eigenvalue weighted by atomic mass is 32.1. The zero-order valence-electron chi connectivity index (χ0n) is 21.7. The van der Waals surface area contributed by atoms with Crippen molar-refractivity contribution in [3.05, 3.63) is 70.7 Å². The number of piperidine rings is 1. The lowest BCUT2D eigenvalue weighted by molar-refractivity contribution is 0.0580. The van der Waals surface area contributed by atoms with Gasteiger partial charge in [-0.15, -0.1) is 11.3 Å². The van der Waals surface area contributed by atoms with E-state index in [4.69, 9.17) is 9.47 Å². The predicted molar refractivity (Wildman–Crippen MR) is 147 cm³/mol. The fourth-order valence-electron chi connectivity index (χ4n) is 5.68. The van der Waals surface area contributed by atoms with Crippen LogP contribution in [-0.4, -0.2) is 61.1 Å². The van der Waals surface area contributed by atoms with Gasteiger partial charge in [-0.1, -0.05) is 37.3 Å². The van der Waals surface area contributed by atoms with Gasteiger partial charge < -0.3 is 24.6 Å². The number of urea groups is 1. The van der Waals surface area contributed by atoms with Gasteiger partial charge >= 0.3 is 6.03 Å². The van der Waals surface area contributed by atoms with E-state index < -0.39 is 5.54 Å². The van der Waals surface area contributed by atoms with Gasteiger partial charge in [-0.25, -0.2) is 4.79 Å². The molecule has 2 fully saturated rings. The summed E-state index contributed by atoms with van der Waals surface area (Å²) in [6, 6.07) is 15.8. The Hall–Kier alpha value is -3.52. The van der Waals surface area contributed by atoms with E-state index in [2.05, 4.69) is 18.3 Å². The van der Waals surface area contributed by atoms with Crippen molar-refractivity contribution in [1.82, 2.24) is 15.1 Å². The van der Waals surface area contributed by atoms with Crippen LogP contribution >= 0.6 is 11.3 Å². The molecule has 194 valence electrons. The lowest BCUT2D eigenvalue weighted by atomic mass is 9.82. The maximum Gasteiger partial charge on any atom is 0.322 e. The van der Waals surface area contributed by atoms with Crippen molar-refractivity contribution in [1.29, 1.82) is 0 Å². The molecule has 7 nitrogen and oxygen atoms in total. The van der Waals surface area contributed by atoms with Gasteiger partial charge in [0.05, 0.1) is 24.6 Å². The zero-order chi connectivity index (χ0) is 26.2. The van der Waals surface area contributed by atoms with Gasteiger partial charge in [-0.05, 0) is 43.4 Å². The number of carbonyl (C=O) groups excluding carboxylic acids is 2. The van der Waals surface area contributed by atoms with Gasteiger partial charge in [-0.2, -0.15) is 0 Å². The largest absolute Gasteiger partial charge is 0.497 e. The number of amides is 3. The molecule has 2 aromatic carbocycles. The Morgan fingerprint density at radius 3 is 2.57 bits per heavy atom. The summed E-state index contributed by atoms with van der Waals surface area (Å²) in [6.45, 7) is 5.90. The SMILES string of the molecule is CCN1C(=O)N/C(=C\[C@H](C)c2ccc(OC)cc2OC)C12CCN(C(=O)c1cc3ccccc3s1)CC2. The van der Waals surface area contributed by atoms with Crippen molar-refractivity contribution in [3.63, 3.8) is 0 Å². The molecule has 2 saturated heterocycles. The third-order valence-corrected chi connectivity index (χ3v) is 8.79. The zero-order valence-corrected chi connectivity index (χ0v) is 22.6. The Balaban J connectivity index is 1.39. The van der Waals surface area contributed by atoms with E-state index in [0.717, 1.165) is 37.7 Å². The van der Waals surface area contributed by atoms with E-state index in [-0.39, 0.29) is 17.9 Å². The van der Waals surface area contributed by atoms with E-state index >= 15 is 0 Å². The summed E-state index contributed by atoms with van der Waals surface area (Å²) in [7, 11) is 3.29. The van der Waals surface area contributed by atoms with E-state index in [1.165, 1.54) is 0 Å². The van der Waals surface area contributed by atoms with Gasteiger partial charge in [0.1, 0.15) is 11.5 Å². The number of hydrogen-bond donors (Lipinski definition) is 1. The number of methoxy groups -OCH3 is 2. The minimum Gasteiger partial charge on any atom is -0.497 e. The van der Waals surface area contributed by atoms with Gasteiger partial charge in [-0.3, -0.25) is 4.79 Å². The van der Waals surface area contributed by atoms with Gasteiger partial charge in [0.15, 0.2) is 0 Å². The Morgan fingerprint density at radius 2 is 1.89 bits per heavy atom. The number of rotatable bonds is 6. The van der Waals surface area contributed by atoms with Crippen molar-refractivity contribution in [3.8, 4) is 11.5 Å². The number of hydrogen-bond acceptors (Lipinski definition) is 5. The highest BCUT2D eigenvalue weighted by molar-refractivity contribution is 7.20. The number of benzene rings is 2. The van der Waals surface area contributed by atoms with Crippen LogP contribution < -0.4 is 14.8 Å². The molecular formula is C29H33N3O4S. The summed E-state index contributed by atoms with van der Waals surface area (Å²) in [5.74, 6) is 1.55. The quantitative estimate of drug-likeness (QED) is 0.459. The molecule has 0 aliphatic carbocycles. The predicted octanol–water partition coefficient (Wildman–Crippen LogP) is 5.63. The fraction of sp³-hybridized carbons (Fsp3) is 0.379. The number of likely N-dealkylation sites (N-methyl/N-ethyl adjacent to an activating group) is 1. The molecular weight excluding hydrogens is 486 g/mol. The third-order valence-electron chi connectivity index (χ3n) is 7.68. The highest BCUT2D eigenvalue weighted by Gasteiger charge is 2.50. The summed E-state index contributed by atoms with van der Waals surface area (Å²) in [4.78, 5) is 31.0. The molecule has 1 spiro atoms. The van der Waals surface area contributed by atoms with Crippen LogP contribution in [0.2, 0.25) is 0 Å². The fourth-order valence-corrected chi connectivity index (χ4v) is 6.71. The summed E-state index contributed by atoms with van der Waals surface area (Å²) < 4.78 is 12.1. The van der Waals surface area contributed by atoms with Crippen LogP contribution in [0.1, 0.15) is 47.8 Å². The molecule has 1 atom stereocenters. The average Bonchev–Trinajstić information content (AvgIpc) is 3.46. The van der Waals surface area contributed by atoms with Crippen LogP contribution in [0.3, 0.4) is 0 Å². The first-order valence-electron chi connectivity index (χ1n) is 12.7. The van der Waals surface area contributed by atoms with E-state index in [9.17, 15) is 9.59 Å². The van der Waals surface area contributed by atoms with Crippen LogP contribution in [0.25, 0.3) is 10.1 Å². The number of likely N-dealkylation sites (tertiary alicyclic amines) is 1. The van der Waals surface area contributed by atoms with Gasteiger partial charge in [0.25, 0.3) is 5.91 Å². The summed E-state index contributed by atoms with van der Waals surface area (Å²) in [6.07, 6.45) is 3.52. The van der Waals surface area contributed by atoms with Crippen LogP contribution in [0, 0.1) is 0 Å². The van der Waals surface area contributed by atoms with E-state index in [1.54, 1.807) is 25.6 Å². The van der Waals surface area contributed by atoms with Crippen LogP contribution in [0.5, 0.6) is 11.5 Å². The molecule has 1 aromatic heterocycles. The minimum absolute atomic E-state index is 0.00282. The Morgan fingerprint density at radius 1 is 1.14 bits per heavy atom. The second-order valence-electron chi connectivity index (χ2n) is 9.62. The van der Waals surface area contributed by atoms with Crippen molar-refractivity contribution in [2.45, 2.75) is 38.1 Å². The number of carbonyl (C=O) groups is 2. The normalized spacial score (nSPS) is 18.9. The molecule has 0 bridgehead atoms. The monoisotopic (exact) mass is 519 g/mol. The van der Waals surface area contributed by atoms with E-state index in [0.29, 0.717) is 32.5 Å². The lowest BCUT2D eigenvalue weighted by Crippen LogP contribution is -2.54.